The lowest BCUT2D eigenvalue weighted by atomic mass is 10.1. The van der Waals surface area contributed by atoms with Crippen LogP contribution in [0.3, 0.4) is 0 Å². The molecule has 0 spiro atoms. The predicted molar refractivity (Wildman–Crippen MR) is 71.1 cm³/mol. The summed E-state index contributed by atoms with van der Waals surface area (Å²) in [7, 11) is 0. The van der Waals surface area contributed by atoms with E-state index in [1.165, 1.54) is 37.7 Å². The average molecular weight is 238 g/mol. The second-order valence-electron chi connectivity index (χ2n) is 4.84. The Morgan fingerprint density at radius 2 is 2.24 bits per heavy atom. The molecule has 0 heterocycles. The Morgan fingerprint density at radius 3 is 3.00 bits per heavy atom. The van der Waals surface area contributed by atoms with E-state index in [1.54, 1.807) is 0 Å². The van der Waals surface area contributed by atoms with E-state index in [0.29, 0.717) is 12.5 Å². The van der Waals surface area contributed by atoms with Crippen LogP contribution in [-0.2, 0) is 9.53 Å². The maximum absolute atomic E-state index is 10.2. The van der Waals surface area contributed by atoms with Crippen molar-refractivity contribution in [2.45, 2.75) is 70.8 Å². The average Bonchev–Trinajstić information content (AvgIpc) is 2.77. The predicted octanol–water partition coefficient (Wildman–Crippen LogP) is 4.04. The van der Waals surface area contributed by atoms with Crippen LogP contribution in [0, 0.1) is 0 Å². The van der Waals surface area contributed by atoms with Crippen molar-refractivity contribution in [1.29, 1.82) is 0 Å². The highest BCUT2D eigenvalue weighted by atomic mass is 16.5. The van der Waals surface area contributed by atoms with Gasteiger partial charge in [-0.15, -0.1) is 0 Å². The topological polar surface area (TPSA) is 26.3 Å². The van der Waals surface area contributed by atoms with E-state index in [4.69, 9.17) is 4.74 Å². The van der Waals surface area contributed by atoms with E-state index < -0.39 is 0 Å². The number of unbranched alkanes of at least 4 members (excludes halogenated alkanes) is 4. The molecule has 0 amide bonds. The molecule has 2 nitrogen and oxygen atoms in total. The molecule has 0 unspecified atom stereocenters. The summed E-state index contributed by atoms with van der Waals surface area (Å²) in [5.74, 6) is 0. The number of hydrogen-bond acceptors (Lipinski definition) is 2. The van der Waals surface area contributed by atoms with Crippen LogP contribution in [0.15, 0.2) is 11.6 Å². The molecule has 0 radical (unpaired) electrons. The molecule has 1 aliphatic carbocycles. The minimum absolute atomic E-state index is 0.378. The molecular formula is C15H26O2. The maximum Gasteiger partial charge on any atom is 0.119 e. The van der Waals surface area contributed by atoms with Gasteiger partial charge < -0.3 is 9.53 Å². The summed E-state index contributed by atoms with van der Waals surface area (Å²) >= 11 is 0. The zero-order valence-corrected chi connectivity index (χ0v) is 11.1. The zero-order chi connectivity index (χ0) is 12.3. The molecule has 0 aromatic heterocycles. The first kappa shape index (κ1) is 14.4. The van der Waals surface area contributed by atoms with Crippen LogP contribution in [0.25, 0.3) is 0 Å². The smallest absolute Gasteiger partial charge is 0.119 e. The SMILES string of the molecule is CCCCCC1=CCC[C@H]1OCCCCC=O. The van der Waals surface area contributed by atoms with Crippen molar-refractivity contribution >= 4 is 6.29 Å². The van der Waals surface area contributed by atoms with Crippen LogP contribution < -0.4 is 0 Å². The van der Waals surface area contributed by atoms with E-state index in [2.05, 4.69) is 13.0 Å². The van der Waals surface area contributed by atoms with Gasteiger partial charge in [-0.3, -0.25) is 0 Å². The molecule has 0 aromatic carbocycles. The van der Waals surface area contributed by atoms with Gasteiger partial charge in [-0.1, -0.05) is 25.8 Å². The summed E-state index contributed by atoms with van der Waals surface area (Å²) in [6, 6.07) is 0. The Bertz CT molecular complexity index is 233. The van der Waals surface area contributed by atoms with E-state index in [-0.39, 0.29) is 0 Å². The molecular weight excluding hydrogens is 212 g/mol. The van der Waals surface area contributed by atoms with Gasteiger partial charge in [0.2, 0.25) is 0 Å². The quantitative estimate of drug-likeness (QED) is 0.326. The van der Waals surface area contributed by atoms with Gasteiger partial charge in [0, 0.05) is 13.0 Å². The number of carbonyl (C=O) groups excluding carboxylic acids is 1. The lowest BCUT2D eigenvalue weighted by molar-refractivity contribution is -0.108. The number of aldehydes is 1. The van der Waals surface area contributed by atoms with Crippen molar-refractivity contribution < 1.29 is 9.53 Å². The van der Waals surface area contributed by atoms with Crippen molar-refractivity contribution in [3.63, 3.8) is 0 Å². The van der Waals surface area contributed by atoms with E-state index in [1.807, 2.05) is 0 Å². The van der Waals surface area contributed by atoms with E-state index in [0.717, 1.165) is 32.2 Å². The van der Waals surface area contributed by atoms with Gasteiger partial charge in [0.15, 0.2) is 0 Å². The third-order valence-corrected chi connectivity index (χ3v) is 3.35. The number of carbonyl (C=O) groups is 1. The maximum atomic E-state index is 10.2. The van der Waals surface area contributed by atoms with Gasteiger partial charge >= 0.3 is 0 Å². The second-order valence-corrected chi connectivity index (χ2v) is 4.84. The van der Waals surface area contributed by atoms with E-state index in [9.17, 15) is 4.79 Å². The summed E-state index contributed by atoms with van der Waals surface area (Å²) in [5, 5.41) is 0. The number of rotatable bonds is 10. The molecule has 1 atom stereocenters. The molecule has 0 bridgehead atoms. The molecule has 98 valence electrons. The Kier molecular flexibility index (Phi) is 7.98. The first-order valence-electron chi connectivity index (χ1n) is 7.12. The molecule has 0 saturated carbocycles. The third-order valence-electron chi connectivity index (χ3n) is 3.35. The van der Waals surface area contributed by atoms with Crippen LogP contribution in [0.4, 0.5) is 0 Å². The normalized spacial score (nSPS) is 19.4. The molecule has 0 aromatic rings. The minimum atomic E-state index is 0.378. The summed E-state index contributed by atoms with van der Waals surface area (Å²) in [6.45, 7) is 3.05. The lowest BCUT2D eigenvalue weighted by Gasteiger charge is -2.16. The fourth-order valence-electron chi connectivity index (χ4n) is 2.32. The molecule has 0 N–H and O–H groups in total. The van der Waals surface area contributed by atoms with Crippen LogP contribution in [-0.4, -0.2) is 19.0 Å². The summed E-state index contributed by atoms with van der Waals surface area (Å²) < 4.78 is 5.91. The van der Waals surface area contributed by atoms with Crippen LogP contribution in [0.2, 0.25) is 0 Å². The monoisotopic (exact) mass is 238 g/mol. The first-order chi connectivity index (χ1) is 8.38. The van der Waals surface area contributed by atoms with Gasteiger partial charge in [0.1, 0.15) is 6.29 Å². The van der Waals surface area contributed by atoms with Gasteiger partial charge in [-0.05, 0) is 44.1 Å². The van der Waals surface area contributed by atoms with Crippen molar-refractivity contribution in [2.24, 2.45) is 0 Å². The number of ether oxygens (including phenoxy) is 1. The van der Waals surface area contributed by atoms with Crippen LogP contribution >= 0.6 is 0 Å². The molecule has 0 aliphatic heterocycles. The molecule has 1 rings (SSSR count). The van der Waals surface area contributed by atoms with Crippen molar-refractivity contribution in [3.8, 4) is 0 Å². The highest BCUT2D eigenvalue weighted by molar-refractivity contribution is 5.48. The summed E-state index contributed by atoms with van der Waals surface area (Å²) in [6.07, 6.45) is 13.8. The standard InChI is InChI=1S/C15H26O2/c1-2-3-5-9-14-10-8-11-15(14)17-13-7-4-6-12-16/h10,12,15H,2-9,11,13H2,1H3/t15-/m1/s1. The molecule has 1 aliphatic rings. The molecule has 0 saturated heterocycles. The van der Waals surface area contributed by atoms with Crippen molar-refractivity contribution in [1.82, 2.24) is 0 Å². The van der Waals surface area contributed by atoms with Crippen molar-refractivity contribution in [2.75, 3.05) is 6.61 Å². The Balaban J connectivity index is 2.10. The minimum Gasteiger partial charge on any atom is -0.374 e. The van der Waals surface area contributed by atoms with Gasteiger partial charge in [-0.2, -0.15) is 0 Å². The first-order valence-corrected chi connectivity index (χ1v) is 7.12. The number of hydrogen-bond donors (Lipinski definition) is 0. The lowest BCUT2D eigenvalue weighted by Crippen LogP contribution is -2.13. The van der Waals surface area contributed by atoms with Gasteiger partial charge in [0.05, 0.1) is 6.10 Å². The Hall–Kier alpha value is -0.630. The largest absolute Gasteiger partial charge is 0.374 e. The van der Waals surface area contributed by atoms with Crippen LogP contribution in [0.5, 0.6) is 0 Å². The van der Waals surface area contributed by atoms with E-state index >= 15 is 0 Å². The highest BCUT2D eigenvalue weighted by Gasteiger charge is 2.18. The summed E-state index contributed by atoms with van der Waals surface area (Å²) in [5.41, 5.74) is 1.52. The second kappa shape index (κ2) is 9.41. The van der Waals surface area contributed by atoms with Crippen molar-refractivity contribution in [3.05, 3.63) is 11.6 Å². The van der Waals surface area contributed by atoms with Gasteiger partial charge in [0.25, 0.3) is 0 Å². The molecule has 2 heteroatoms. The van der Waals surface area contributed by atoms with Gasteiger partial charge in [-0.25, -0.2) is 0 Å². The third kappa shape index (κ3) is 6.02. The zero-order valence-electron chi connectivity index (χ0n) is 11.1. The molecule has 0 fully saturated rings. The Morgan fingerprint density at radius 1 is 1.35 bits per heavy atom. The highest BCUT2D eigenvalue weighted by Crippen LogP contribution is 2.26. The number of allylic oxidation sites excluding steroid dienone is 1. The fraction of sp³-hybridized carbons (Fsp3) is 0.800. The molecule has 17 heavy (non-hydrogen) atoms. The van der Waals surface area contributed by atoms with Crippen LogP contribution in [0.1, 0.15) is 64.7 Å². The summed E-state index contributed by atoms with van der Waals surface area (Å²) in [4.78, 5) is 10.2. The Labute approximate surface area is 105 Å². The fourth-order valence-corrected chi connectivity index (χ4v) is 2.32.